The van der Waals surface area contributed by atoms with E-state index >= 15 is 0 Å². The first kappa shape index (κ1) is 15.6. The van der Waals surface area contributed by atoms with Gasteiger partial charge in [0.05, 0.1) is 22.5 Å². The van der Waals surface area contributed by atoms with Crippen LogP contribution in [-0.2, 0) is 0 Å². The van der Waals surface area contributed by atoms with Gasteiger partial charge in [0, 0.05) is 28.8 Å². The lowest BCUT2D eigenvalue weighted by molar-refractivity contribution is -0.384. The van der Waals surface area contributed by atoms with Crippen molar-refractivity contribution in [3.8, 4) is 11.3 Å². The Bertz CT molecular complexity index is 965. The fourth-order valence-electron chi connectivity index (χ4n) is 2.25. The van der Waals surface area contributed by atoms with Crippen LogP contribution in [0, 0.1) is 17.0 Å². The highest BCUT2D eigenvalue weighted by Crippen LogP contribution is 2.28. The Labute approximate surface area is 140 Å². The van der Waals surface area contributed by atoms with Crippen LogP contribution in [-0.4, -0.2) is 26.5 Å². The molecule has 9 nitrogen and oxygen atoms in total. The topological polar surface area (TPSA) is 137 Å². The van der Waals surface area contributed by atoms with Gasteiger partial charge in [-0.05, 0) is 19.1 Å². The zero-order valence-electron chi connectivity index (χ0n) is 12.6. The molecule has 0 spiro atoms. The molecule has 4 N–H and O–H groups in total. The third-order valence-electron chi connectivity index (χ3n) is 3.27. The SMILES string of the molecule is Cc1csc2nc(-c3ccc([N+](=O)[O-])cc3)c(/C=N/N=C(N)N)n12. The molecule has 1 aromatic carbocycles. The molecule has 0 radical (unpaired) electrons. The number of hydrogen-bond donors (Lipinski definition) is 2. The van der Waals surface area contributed by atoms with E-state index in [0.717, 1.165) is 16.2 Å². The van der Waals surface area contributed by atoms with Crippen LogP contribution >= 0.6 is 11.3 Å². The van der Waals surface area contributed by atoms with Gasteiger partial charge in [-0.1, -0.05) is 0 Å². The van der Waals surface area contributed by atoms with Gasteiger partial charge in [-0.2, -0.15) is 5.10 Å². The third-order valence-corrected chi connectivity index (χ3v) is 4.22. The van der Waals surface area contributed by atoms with E-state index in [1.807, 2.05) is 16.7 Å². The zero-order chi connectivity index (χ0) is 17.3. The number of benzene rings is 1. The molecule has 122 valence electrons. The van der Waals surface area contributed by atoms with Crippen LogP contribution in [0.5, 0.6) is 0 Å². The van der Waals surface area contributed by atoms with E-state index in [0.29, 0.717) is 11.4 Å². The van der Waals surface area contributed by atoms with E-state index in [1.54, 1.807) is 12.1 Å². The molecule has 0 bridgehead atoms. The minimum atomic E-state index is -0.444. The molecule has 0 aliphatic carbocycles. The molecule has 0 fully saturated rings. The quantitative estimate of drug-likeness (QED) is 0.322. The van der Waals surface area contributed by atoms with E-state index in [9.17, 15) is 10.1 Å². The fourth-order valence-corrected chi connectivity index (χ4v) is 3.12. The van der Waals surface area contributed by atoms with E-state index in [-0.39, 0.29) is 11.6 Å². The predicted octanol–water partition coefficient (Wildman–Crippen LogP) is 1.89. The van der Waals surface area contributed by atoms with Gasteiger partial charge >= 0.3 is 0 Å². The molecule has 0 saturated carbocycles. The minimum Gasteiger partial charge on any atom is -0.369 e. The molecule has 0 unspecified atom stereocenters. The number of fused-ring (bicyclic) bond motifs is 1. The Morgan fingerprint density at radius 3 is 2.71 bits per heavy atom. The molecule has 0 saturated heterocycles. The lowest BCUT2D eigenvalue weighted by Crippen LogP contribution is -2.21. The Morgan fingerprint density at radius 2 is 2.08 bits per heavy atom. The van der Waals surface area contributed by atoms with Crippen LogP contribution < -0.4 is 11.5 Å². The molecule has 10 heteroatoms. The highest BCUT2D eigenvalue weighted by atomic mass is 32.1. The van der Waals surface area contributed by atoms with Crippen molar-refractivity contribution in [1.82, 2.24) is 9.38 Å². The van der Waals surface area contributed by atoms with Crippen LogP contribution in [0.25, 0.3) is 16.2 Å². The third kappa shape index (κ3) is 2.82. The standard InChI is InChI=1S/C14H13N7O2S/c1-8-7-24-14-18-12(9-2-4-10(5-3-9)21(22)23)11(20(8)14)6-17-19-13(15)16/h2-7H,1H3,(H4,15,16,19)/b17-6+. The summed E-state index contributed by atoms with van der Waals surface area (Å²) in [5, 5.41) is 20.2. The van der Waals surface area contributed by atoms with Crippen molar-refractivity contribution in [1.29, 1.82) is 0 Å². The van der Waals surface area contributed by atoms with Gasteiger partial charge in [-0.25, -0.2) is 4.98 Å². The first-order chi connectivity index (χ1) is 11.5. The monoisotopic (exact) mass is 343 g/mol. The number of aromatic nitrogens is 2. The van der Waals surface area contributed by atoms with Crippen molar-refractivity contribution in [2.75, 3.05) is 0 Å². The maximum atomic E-state index is 10.8. The highest BCUT2D eigenvalue weighted by molar-refractivity contribution is 7.15. The molecule has 0 amide bonds. The Morgan fingerprint density at radius 1 is 1.38 bits per heavy atom. The second-order valence-electron chi connectivity index (χ2n) is 4.91. The maximum Gasteiger partial charge on any atom is 0.269 e. The van der Waals surface area contributed by atoms with Gasteiger partial charge in [0.2, 0.25) is 5.96 Å². The number of imidazole rings is 1. The van der Waals surface area contributed by atoms with E-state index < -0.39 is 4.92 Å². The average Bonchev–Trinajstić information content (AvgIpc) is 3.08. The lowest BCUT2D eigenvalue weighted by Gasteiger charge is -2.00. The molecule has 0 aliphatic heterocycles. The van der Waals surface area contributed by atoms with Crippen LogP contribution in [0.2, 0.25) is 0 Å². The summed E-state index contributed by atoms with van der Waals surface area (Å²) < 4.78 is 1.92. The molecule has 0 aliphatic rings. The second-order valence-corrected chi connectivity index (χ2v) is 5.75. The molecular weight excluding hydrogens is 330 g/mol. The summed E-state index contributed by atoms with van der Waals surface area (Å²) in [6.45, 7) is 1.95. The van der Waals surface area contributed by atoms with E-state index in [1.165, 1.54) is 29.7 Å². The van der Waals surface area contributed by atoms with Gasteiger partial charge in [0.15, 0.2) is 4.96 Å². The molecule has 0 atom stereocenters. The molecule has 3 aromatic rings. The summed E-state index contributed by atoms with van der Waals surface area (Å²) in [5.74, 6) is -0.147. The van der Waals surface area contributed by atoms with Gasteiger partial charge in [-0.3, -0.25) is 14.5 Å². The van der Waals surface area contributed by atoms with Crippen molar-refractivity contribution in [3.63, 3.8) is 0 Å². The first-order valence-electron chi connectivity index (χ1n) is 6.80. The number of aryl methyl sites for hydroxylation is 1. The maximum absolute atomic E-state index is 10.8. The van der Waals surface area contributed by atoms with Gasteiger partial charge in [0.1, 0.15) is 0 Å². The number of guanidine groups is 1. The number of nitro benzene ring substituents is 1. The Kier molecular flexibility index (Phi) is 3.96. The molecule has 2 aromatic heterocycles. The molecular formula is C14H13N7O2S. The molecule has 3 rings (SSSR count). The minimum absolute atomic E-state index is 0.0201. The van der Waals surface area contributed by atoms with Crippen molar-refractivity contribution in [3.05, 3.63) is 51.1 Å². The second kappa shape index (κ2) is 6.08. The first-order valence-corrected chi connectivity index (χ1v) is 7.68. The summed E-state index contributed by atoms with van der Waals surface area (Å²) in [7, 11) is 0. The summed E-state index contributed by atoms with van der Waals surface area (Å²) in [5.41, 5.74) is 13.6. The predicted molar refractivity (Wildman–Crippen MR) is 93.3 cm³/mol. The summed E-state index contributed by atoms with van der Waals surface area (Å²) in [4.78, 5) is 15.7. The number of thiazole rings is 1. The fraction of sp³-hybridized carbons (Fsp3) is 0.0714. The average molecular weight is 343 g/mol. The van der Waals surface area contributed by atoms with Crippen LogP contribution in [0.1, 0.15) is 11.4 Å². The van der Waals surface area contributed by atoms with Gasteiger partial charge in [0.25, 0.3) is 5.69 Å². The van der Waals surface area contributed by atoms with Crippen LogP contribution in [0.15, 0.2) is 39.8 Å². The normalized spacial score (nSPS) is 11.2. The smallest absolute Gasteiger partial charge is 0.269 e. The highest BCUT2D eigenvalue weighted by Gasteiger charge is 2.16. The Hall–Kier alpha value is -3.27. The number of non-ortho nitro benzene ring substituents is 1. The number of nitrogens with two attached hydrogens (primary N) is 2. The van der Waals surface area contributed by atoms with Crippen molar-refractivity contribution < 1.29 is 4.92 Å². The number of rotatable bonds is 4. The van der Waals surface area contributed by atoms with E-state index in [2.05, 4.69) is 15.2 Å². The lowest BCUT2D eigenvalue weighted by atomic mass is 10.1. The number of nitro groups is 1. The molecule has 2 heterocycles. The summed E-state index contributed by atoms with van der Waals surface area (Å²) in [6.07, 6.45) is 1.51. The zero-order valence-corrected chi connectivity index (χ0v) is 13.4. The van der Waals surface area contributed by atoms with Gasteiger partial charge in [-0.15, -0.1) is 16.4 Å². The summed E-state index contributed by atoms with van der Waals surface area (Å²) in [6, 6.07) is 6.18. The number of hydrogen-bond acceptors (Lipinski definition) is 6. The van der Waals surface area contributed by atoms with Crippen molar-refractivity contribution in [2.45, 2.75) is 6.92 Å². The molecule has 24 heavy (non-hydrogen) atoms. The van der Waals surface area contributed by atoms with Crippen LogP contribution in [0.3, 0.4) is 0 Å². The van der Waals surface area contributed by atoms with Gasteiger partial charge < -0.3 is 11.5 Å². The van der Waals surface area contributed by atoms with Crippen LogP contribution in [0.4, 0.5) is 5.69 Å². The van der Waals surface area contributed by atoms with Crippen molar-refractivity contribution >= 4 is 34.2 Å². The number of nitrogens with zero attached hydrogens (tertiary/aromatic N) is 5. The summed E-state index contributed by atoms with van der Waals surface area (Å²) >= 11 is 1.49. The largest absolute Gasteiger partial charge is 0.369 e. The van der Waals surface area contributed by atoms with Crippen molar-refractivity contribution in [2.24, 2.45) is 21.7 Å². The Balaban J connectivity index is 2.14. The van der Waals surface area contributed by atoms with E-state index in [4.69, 9.17) is 11.5 Å².